The van der Waals surface area contributed by atoms with Crippen molar-refractivity contribution >= 4 is 27.7 Å². The van der Waals surface area contributed by atoms with E-state index in [9.17, 15) is 0 Å². The molecule has 1 fully saturated rings. The first-order valence-electron chi connectivity index (χ1n) is 6.06. The highest BCUT2D eigenvalue weighted by Gasteiger charge is 2.21. The second-order valence-corrected chi connectivity index (χ2v) is 6.82. The number of hydrogen-bond donors (Lipinski definition) is 0. The number of halogens is 1. The average molecular weight is 279 g/mol. The molecule has 1 atom stereocenters. The fourth-order valence-corrected chi connectivity index (χ4v) is 3.79. The summed E-state index contributed by atoms with van der Waals surface area (Å²) < 4.78 is 0. The van der Waals surface area contributed by atoms with Gasteiger partial charge in [-0.15, -0.1) is 0 Å². The largest absolute Gasteiger partial charge is 0.162 e. The second kappa shape index (κ2) is 8.04. The van der Waals surface area contributed by atoms with Crippen molar-refractivity contribution < 1.29 is 0 Å². The number of hydrogen-bond acceptors (Lipinski definition) is 1. The average Bonchev–Trinajstić information content (AvgIpc) is 2.70. The van der Waals surface area contributed by atoms with Gasteiger partial charge in [0.05, 0.1) is 0 Å². The smallest absolute Gasteiger partial charge is 0.0174 e. The van der Waals surface area contributed by atoms with Gasteiger partial charge in [-0.1, -0.05) is 42.1 Å². The lowest BCUT2D eigenvalue weighted by Crippen LogP contribution is -2.10. The molecule has 0 aromatic heterocycles. The highest BCUT2D eigenvalue weighted by atomic mass is 79.9. The van der Waals surface area contributed by atoms with Crippen molar-refractivity contribution in [3.8, 4) is 0 Å². The van der Waals surface area contributed by atoms with Crippen molar-refractivity contribution in [2.75, 3.05) is 11.5 Å². The van der Waals surface area contributed by atoms with Crippen LogP contribution in [-0.4, -0.2) is 16.3 Å². The van der Waals surface area contributed by atoms with Crippen molar-refractivity contribution in [1.82, 2.24) is 0 Å². The molecule has 14 heavy (non-hydrogen) atoms. The minimum atomic E-state index is 0.816. The monoisotopic (exact) mass is 278 g/mol. The van der Waals surface area contributed by atoms with E-state index >= 15 is 0 Å². The number of rotatable bonds is 7. The Morgan fingerprint density at radius 3 is 2.64 bits per heavy atom. The third-order valence-electron chi connectivity index (χ3n) is 3.13. The molecule has 2 heteroatoms. The van der Waals surface area contributed by atoms with Gasteiger partial charge < -0.3 is 0 Å². The number of thioether (sulfide) groups is 1. The molecular formula is C12H23BrS. The van der Waals surface area contributed by atoms with Gasteiger partial charge in [-0.05, 0) is 43.1 Å². The van der Waals surface area contributed by atoms with Crippen LogP contribution in [0.25, 0.3) is 0 Å². The molecule has 0 heterocycles. The zero-order valence-corrected chi connectivity index (χ0v) is 11.7. The van der Waals surface area contributed by atoms with Crippen LogP contribution in [0.1, 0.15) is 51.9 Å². The van der Waals surface area contributed by atoms with Crippen LogP contribution in [0.4, 0.5) is 0 Å². The van der Waals surface area contributed by atoms with Gasteiger partial charge in [0.25, 0.3) is 0 Å². The number of unbranched alkanes of at least 4 members (excludes halogenated alkanes) is 1. The summed E-state index contributed by atoms with van der Waals surface area (Å²) in [6, 6.07) is 0. The second-order valence-electron chi connectivity index (χ2n) is 4.25. The molecule has 0 saturated heterocycles. The third kappa shape index (κ3) is 5.06. The molecule has 1 rings (SSSR count). The Balaban J connectivity index is 1.94. The fraction of sp³-hybridized carbons (Fsp3) is 1.00. The van der Waals surface area contributed by atoms with Crippen LogP contribution >= 0.6 is 27.7 Å². The molecule has 0 aromatic rings. The van der Waals surface area contributed by atoms with Crippen molar-refractivity contribution in [3.63, 3.8) is 0 Å². The lowest BCUT2D eigenvalue weighted by atomic mass is 10.00. The van der Waals surface area contributed by atoms with Crippen molar-refractivity contribution in [2.24, 2.45) is 5.92 Å². The van der Waals surface area contributed by atoms with E-state index in [2.05, 4.69) is 34.6 Å². The Morgan fingerprint density at radius 2 is 2.00 bits per heavy atom. The molecule has 1 unspecified atom stereocenters. The summed E-state index contributed by atoms with van der Waals surface area (Å²) in [6.07, 6.45) is 10.1. The van der Waals surface area contributed by atoms with Crippen LogP contribution in [0, 0.1) is 5.92 Å². The number of alkyl halides is 1. The predicted molar refractivity (Wildman–Crippen MR) is 71.5 cm³/mol. The van der Waals surface area contributed by atoms with E-state index in [0.717, 1.165) is 10.7 Å². The van der Waals surface area contributed by atoms with E-state index in [1.807, 2.05) is 0 Å². The molecule has 84 valence electrons. The molecule has 0 aliphatic heterocycles. The molecule has 0 amide bonds. The molecule has 0 radical (unpaired) electrons. The van der Waals surface area contributed by atoms with Gasteiger partial charge in [0.1, 0.15) is 0 Å². The van der Waals surface area contributed by atoms with Crippen LogP contribution in [0.15, 0.2) is 0 Å². The van der Waals surface area contributed by atoms with Gasteiger partial charge in [-0.3, -0.25) is 0 Å². The lowest BCUT2D eigenvalue weighted by Gasteiger charge is -2.16. The van der Waals surface area contributed by atoms with E-state index in [-0.39, 0.29) is 0 Å². The van der Waals surface area contributed by atoms with E-state index in [1.165, 1.54) is 56.5 Å². The van der Waals surface area contributed by atoms with Gasteiger partial charge in [0.15, 0.2) is 0 Å². The first-order chi connectivity index (χ1) is 6.84. The Morgan fingerprint density at radius 1 is 1.29 bits per heavy atom. The zero-order valence-electron chi connectivity index (χ0n) is 9.30. The molecule has 0 nitrogen and oxygen atoms in total. The summed E-state index contributed by atoms with van der Waals surface area (Å²) in [4.78, 5) is 0.816. The van der Waals surface area contributed by atoms with Gasteiger partial charge >= 0.3 is 0 Å². The topological polar surface area (TPSA) is 0 Å². The van der Waals surface area contributed by atoms with Crippen LogP contribution in [0.3, 0.4) is 0 Å². The maximum absolute atomic E-state index is 3.87. The van der Waals surface area contributed by atoms with E-state index in [1.54, 1.807) is 0 Å². The van der Waals surface area contributed by atoms with Gasteiger partial charge in [-0.2, -0.15) is 11.8 Å². The zero-order chi connectivity index (χ0) is 10.2. The standard InChI is InChI=1S/C12H23BrS/c1-2-14-10-6-5-9-12(13)11-7-3-4-8-11/h11-12H,2-10H2,1H3. The quantitative estimate of drug-likeness (QED) is 0.473. The molecule has 1 aliphatic rings. The first-order valence-corrected chi connectivity index (χ1v) is 8.13. The molecule has 0 bridgehead atoms. The molecule has 1 aliphatic carbocycles. The van der Waals surface area contributed by atoms with E-state index < -0.39 is 0 Å². The Kier molecular flexibility index (Phi) is 7.40. The maximum atomic E-state index is 3.87. The minimum absolute atomic E-state index is 0.816. The summed E-state index contributed by atoms with van der Waals surface area (Å²) >= 11 is 5.94. The lowest BCUT2D eigenvalue weighted by molar-refractivity contribution is 0.494. The van der Waals surface area contributed by atoms with Gasteiger partial charge in [0, 0.05) is 4.83 Å². The Labute approximate surface area is 102 Å². The first kappa shape index (κ1) is 12.9. The fourth-order valence-electron chi connectivity index (χ4n) is 2.24. The highest BCUT2D eigenvalue weighted by Crippen LogP contribution is 2.33. The normalized spacial score (nSPS) is 20.1. The van der Waals surface area contributed by atoms with Crippen molar-refractivity contribution in [2.45, 2.75) is 56.7 Å². The summed E-state index contributed by atoms with van der Waals surface area (Å²) in [6.45, 7) is 2.25. The third-order valence-corrected chi connectivity index (χ3v) is 5.33. The summed E-state index contributed by atoms with van der Waals surface area (Å²) in [7, 11) is 0. The Hall–Kier alpha value is 0.830. The van der Waals surface area contributed by atoms with Gasteiger partial charge in [-0.25, -0.2) is 0 Å². The van der Waals surface area contributed by atoms with Crippen LogP contribution in [0.2, 0.25) is 0 Å². The minimum Gasteiger partial charge on any atom is -0.162 e. The molecule has 1 saturated carbocycles. The molecule has 0 spiro atoms. The molecule has 0 N–H and O–H groups in total. The Bertz CT molecular complexity index is 132. The van der Waals surface area contributed by atoms with Crippen molar-refractivity contribution in [1.29, 1.82) is 0 Å². The van der Waals surface area contributed by atoms with E-state index in [0.29, 0.717) is 0 Å². The SMILES string of the molecule is CCSCCCCC(Br)C1CCCC1. The summed E-state index contributed by atoms with van der Waals surface area (Å²) in [5.74, 6) is 3.63. The summed E-state index contributed by atoms with van der Waals surface area (Å²) in [5.41, 5.74) is 0. The van der Waals surface area contributed by atoms with Crippen LogP contribution < -0.4 is 0 Å². The summed E-state index contributed by atoms with van der Waals surface area (Å²) in [5, 5.41) is 0. The molecule has 0 aromatic carbocycles. The van der Waals surface area contributed by atoms with Crippen LogP contribution in [0.5, 0.6) is 0 Å². The van der Waals surface area contributed by atoms with E-state index in [4.69, 9.17) is 0 Å². The predicted octanol–water partition coefficient (Wildman–Crippen LogP) is 4.86. The van der Waals surface area contributed by atoms with Crippen LogP contribution in [-0.2, 0) is 0 Å². The highest BCUT2D eigenvalue weighted by molar-refractivity contribution is 9.09. The molecular weight excluding hydrogens is 256 g/mol. The van der Waals surface area contributed by atoms with Gasteiger partial charge in [0.2, 0.25) is 0 Å². The van der Waals surface area contributed by atoms with Crippen molar-refractivity contribution in [3.05, 3.63) is 0 Å². The maximum Gasteiger partial charge on any atom is 0.0174 e.